The highest BCUT2D eigenvalue weighted by Gasteiger charge is 2.15. The second-order valence-electron chi connectivity index (χ2n) is 5.76. The van der Waals surface area contributed by atoms with Crippen molar-refractivity contribution in [3.63, 3.8) is 0 Å². The van der Waals surface area contributed by atoms with Crippen molar-refractivity contribution in [1.29, 1.82) is 0 Å². The number of hydrogen-bond acceptors (Lipinski definition) is 5. The maximum absolute atomic E-state index is 11.5. The molecule has 0 aliphatic carbocycles. The van der Waals surface area contributed by atoms with E-state index in [1.54, 1.807) is 45.0 Å². The fourth-order valence-electron chi connectivity index (χ4n) is 1.62. The summed E-state index contributed by atoms with van der Waals surface area (Å²) in [6.45, 7) is 5.73. The number of amides is 2. The first-order valence-electron chi connectivity index (χ1n) is 7.35. The third-order valence-corrected chi connectivity index (χ3v) is 2.50. The monoisotopic (exact) mass is 331 g/mol. The number of ether oxygens (including phenoxy) is 1. The van der Waals surface area contributed by atoms with Crippen LogP contribution in [0.4, 0.5) is 10.5 Å². The minimum absolute atomic E-state index is 0.355. The Bertz CT molecular complexity index is 666. The molecule has 0 radical (unpaired) electrons. The first-order chi connectivity index (χ1) is 11.3. The lowest BCUT2D eigenvalue weighted by Gasteiger charge is -2.19. The molecule has 0 atom stereocenters. The molecule has 0 spiro atoms. The number of para-hydroxylation sites is 1. The molecule has 0 saturated heterocycles. The van der Waals surface area contributed by atoms with Gasteiger partial charge < -0.3 is 20.6 Å². The number of rotatable bonds is 4. The number of alkyl carbamates (subject to hydrolysis) is 1. The predicted molar refractivity (Wildman–Crippen MR) is 91.1 cm³/mol. The molecule has 2 amide bonds. The van der Waals surface area contributed by atoms with E-state index < -0.39 is 17.6 Å². The third-order valence-electron chi connectivity index (χ3n) is 2.50. The van der Waals surface area contributed by atoms with E-state index in [0.29, 0.717) is 24.2 Å². The van der Waals surface area contributed by atoms with Gasteiger partial charge in [0.2, 0.25) is 0 Å². The van der Waals surface area contributed by atoms with Crippen molar-refractivity contribution in [3.8, 4) is 11.8 Å². The lowest BCUT2D eigenvalue weighted by atomic mass is 10.1. The van der Waals surface area contributed by atoms with Crippen LogP contribution in [-0.4, -0.2) is 35.6 Å². The van der Waals surface area contributed by atoms with Crippen molar-refractivity contribution in [1.82, 2.24) is 5.32 Å². The number of oxime groups is 1. The van der Waals surface area contributed by atoms with Gasteiger partial charge in [-0.15, -0.1) is 0 Å². The topological polar surface area (TPSA) is 100 Å². The zero-order chi connectivity index (χ0) is 18.0. The lowest BCUT2D eigenvalue weighted by Crippen LogP contribution is -2.32. The molecule has 24 heavy (non-hydrogen) atoms. The van der Waals surface area contributed by atoms with Crippen LogP contribution in [0.2, 0.25) is 0 Å². The number of nitrogens with zero attached hydrogens (tertiary/aromatic N) is 1. The molecular weight excluding hydrogens is 310 g/mol. The normalized spacial score (nSPS) is 10.6. The Morgan fingerprint density at radius 2 is 2.04 bits per heavy atom. The number of carbonyl (C=O) groups is 2. The molecule has 1 aromatic carbocycles. The van der Waals surface area contributed by atoms with Crippen LogP contribution in [0.5, 0.6) is 0 Å². The van der Waals surface area contributed by atoms with Crippen molar-refractivity contribution in [2.24, 2.45) is 5.16 Å². The molecule has 7 nitrogen and oxygen atoms in total. The summed E-state index contributed by atoms with van der Waals surface area (Å²) in [4.78, 5) is 22.9. The van der Waals surface area contributed by atoms with E-state index >= 15 is 0 Å². The molecule has 0 aromatic heterocycles. The number of benzene rings is 1. The van der Waals surface area contributed by atoms with Crippen molar-refractivity contribution >= 4 is 23.9 Å². The molecule has 0 aliphatic heterocycles. The van der Waals surface area contributed by atoms with Gasteiger partial charge in [-0.05, 0) is 32.9 Å². The second kappa shape index (κ2) is 9.20. The van der Waals surface area contributed by atoms with Crippen LogP contribution in [0.1, 0.15) is 32.8 Å². The Kier molecular flexibility index (Phi) is 7.30. The third kappa shape index (κ3) is 7.84. The largest absolute Gasteiger partial charge is 0.444 e. The Morgan fingerprint density at radius 3 is 2.71 bits per heavy atom. The van der Waals surface area contributed by atoms with Gasteiger partial charge in [0.05, 0.1) is 5.69 Å². The van der Waals surface area contributed by atoms with Crippen LogP contribution >= 0.6 is 0 Å². The van der Waals surface area contributed by atoms with E-state index in [9.17, 15) is 9.59 Å². The quantitative estimate of drug-likeness (QED) is 0.259. The van der Waals surface area contributed by atoms with Crippen LogP contribution in [0.25, 0.3) is 0 Å². The molecule has 3 N–H and O–H groups in total. The van der Waals surface area contributed by atoms with Gasteiger partial charge >= 0.3 is 6.09 Å². The van der Waals surface area contributed by atoms with Gasteiger partial charge in [0.15, 0.2) is 0 Å². The Balaban J connectivity index is 2.55. The summed E-state index contributed by atoms with van der Waals surface area (Å²) in [6.07, 6.45) is 0.703. The lowest BCUT2D eigenvalue weighted by molar-refractivity contribution is -0.110. The predicted octanol–water partition coefficient (Wildman–Crippen LogP) is 2.35. The first-order valence-corrected chi connectivity index (χ1v) is 7.35. The van der Waals surface area contributed by atoms with Crippen molar-refractivity contribution in [3.05, 3.63) is 29.8 Å². The van der Waals surface area contributed by atoms with Crippen LogP contribution in [0.15, 0.2) is 29.4 Å². The minimum Gasteiger partial charge on any atom is -0.444 e. The Hall–Kier alpha value is -3.01. The first kappa shape index (κ1) is 19.0. The van der Waals surface area contributed by atoms with Crippen LogP contribution in [0, 0.1) is 11.8 Å². The summed E-state index contributed by atoms with van der Waals surface area (Å²) in [6, 6.07) is 6.98. The minimum atomic E-state index is -0.557. The molecule has 0 unspecified atom stereocenters. The number of nitrogens with one attached hydrogen (secondary N) is 2. The second-order valence-corrected chi connectivity index (χ2v) is 5.76. The van der Waals surface area contributed by atoms with Gasteiger partial charge in [-0.3, -0.25) is 4.79 Å². The van der Waals surface area contributed by atoms with Crippen molar-refractivity contribution < 1.29 is 19.5 Å². The van der Waals surface area contributed by atoms with Gasteiger partial charge in [0.1, 0.15) is 11.8 Å². The maximum Gasteiger partial charge on any atom is 0.407 e. The summed E-state index contributed by atoms with van der Waals surface area (Å²) in [5, 5.41) is 16.2. The van der Waals surface area contributed by atoms with E-state index in [1.165, 1.54) is 0 Å². The van der Waals surface area contributed by atoms with Crippen LogP contribution in [0.3, 0.4) is 0 Å². The molecule has 1 rings (SSSR count). The summed E-state index contributed by atoms with van der Waals surface area (Å²) < 4.78 is 5.11. The molecule has 0 aliphatic rings. The highest BCUT2D eigenvalue weighted by atomic mass is 16.6. The highest BCUT2D eigenvalue weighted by molar-refractivity contribution is 6.31. The number of hydrogen-bond donors (Lipinski definition) is 3. The van der Waals surface area contributed by atoms with Gasteiger partial charge in [-0.1, -0.05) is 29.1 Å². The standard InChI is InChI=1S/C17H21N3O4/c1-17(2,3)24-16(22)18-11-7-6-9-13-8-4-5-10-14(13)20-15(21)12-19-23/h4-5,8,10,12,23H,7,11H2,1-3H3,(H,18,22)(H,20,21). The highest BCUT2D eigenvalue weighted by Crippen LogP contribution is 2.13. The fraction of sp³-hybridized carbons (Fsp3) is 0.353. The molecule has 128 valence electrons. The van der Waals surface area contributed by atoms with E-state index in [1.807, 2.05) is 0 Å². The summed E-state index contributed by atoms with van der Waals surface area (Å²) >= 11 is 0. The summed E-state index contributed by atoms with van der Waals surface area (Å²) in [7, 11) is 0. The molecular formula is C17H21N3O4. The molecule has 0 heterocycles. The van der Waals surface area contributed by atoms with Gasteiger partial charge in [0, 0.05) is 18.5 Å². The molecule has 1 aromatic rings. The Morgan fingerprint density at radius 1 is 1.33 bits per heavy atom. The number of carbonyl (C=O) groups excluding carboxylic acids is 2. The average molecular weight is 331 g/mol. The van der Waals surface area contributed by atoms with Gasteiger partial charge in [-0.2, -0.15) is 0 Å². The van der Waals surface area contributed by atoms with Crippen molar-refractivity contribution in [2.45, 2.75) is 32.8 Å². The smallest absolute Gasteiger partial charge is 0.407 e. The number of anilines is 1. The van der Waals surface area contributed by atoms with Crippen LogP contribution < -0.4 is 10.6 Å². The zero-order valence-corrected chi connectivity index (χ0v) is 13.9. The summed E-state index contributed by atoms with van der Waals surface area (Å²) in [5.74, 6) is 5.27. The fourth-order valence-corrected chi connectivity index (χ4v) is 1.62. The van der Waals surface area contributed by atoms with E-state index in [-0.39, 0.29) is 0 Å². The molecule has 0 saturated carbocycles. The van der Waals surface area contributed by atoms with Gasteiger partial charge in [0.25, 0.3) is 5.91 Å². The molecule has 0 fully saturated rings. The van der Waals surface area contributed by atoms with E-state index in [2.05, 4.69) is 27.6 Å². The van der Waals surface area contributed by atoms with E-state index in [4.69, 9.17) is 9.94 Å². The van der Waals surface area contributed by atoms with Gasteiger partial charge in [-0.25, -0.2) is 4.79 Å². The Labute approximate surface area is 141 Å². The average Bonchev–Trinajstić information content (AvgIpc) is 2.47. The van der Waals surface area contributed by atoms with Crippen LogP contribution in [-0.2, 0) is 9.53 Å². The maximum atomic E-state index is 11.5. The zero-order valence-electron chi connectivity index (χ0n) is 13.9. The molecule has 7 heteroatoms. The van der Waals surface area contributed by atoms with E-state index in [0.717, 1.165) is 6.21 Å². The molecule has 0 bridgehead atoms. The van der Waals surface area contributed by atoms with Crippen molar-refractivity contribution in [2.75, 3.05) is 11.9 Å². The SMILES string of the molecule is CC(C)(C)OC(=O)NCCC#Cc1ccccc1NC(=O)C=NO. The summed E-state index contributed by atoms with van der Waals surface area (Å²) in [5.41, 5.74) is 0.592.